The fourth-order valence-electron chi connectivity index (χ4n) is 0.614. The standard InChI is InChI=1S/C7H6ClNO2.Ar/c1-11-7(10)5-2-3-6(8)9-4-5;/h2-4H,1H3;. The molecule has 0 aliphatic heterocycles. The molecule has 0 fully saturated rings. The average Bonchev–Trinajstić information content (AvgIpc) is 2.05. The monoisotopic (exact) mass is 211 g/mol. The van der Waals surface area contributed by atoms with Crippen LogP contribution < -0.4 is 0 Å². The van der Waals surface area contributed by atoms with Crippen molar-refractivity contribution in [1.29, 1.82) is 0 Å². The maximum absolute atomic E-state index is 10.8. The van der Waals surface area contributed by atoms with E-state index in [-0.39, 0.29) is 37.7 Å². The van der Waals surface area contributed by atoms with Gasteiger partial charge in [-0.25, -0.2) is 9.78 Å². The molecule has 0 aromatic carbocycles. The second kappa shape index (κ2) is 5.75. The van der Waals surface area contributed by atoms with Crippen molar-refractivity contribution < 1.29 is 47.3 Å². The van der Waals surface area contributed by atoms with Crippen molar-refractivity contribution in [3.05, 3.63) is 29.0 Å². The van der Waals surface area contributed by atoms with Crippen LogP contribution in [0, 0.1) is 37.7 Å². The number of esters is 1. The van der Waals surface area contributed by atoms with Gasteiger partial charge < -0.3 is 4.74 Å². The molecule has 0 saturated heterocycles. The van der Waals surface area contributed by atoms with Crippen molar-refractivity contribution >= 4 is 17.6 Å². The first kappa shape index (κ1) is 12.2. The molecule has 1 heterocycles. The first-order valence-electron chi connectivity index (χ1n) is 2.94. The van der Waals surface area contributed by atoms with Gasteiger partial charge in [-0.05, 0) is 12.1 Å². The molecule has 0 bridgehead atoms. The number of methoxy groups -OCH3 is 1. The Kier molecular flexibility index (Phi) is 5.83. The summed E-state index contributed by atoms with van der Waals surface area (Å²) in [4.78, 5) is 14.5. The number of halogens is 1. The Morgan fingerprint density at radius 2 is 2.25 bits per heavy atom. The summed E-state index contributed by atoms with van der Waals surface area (Å²) in [5.74, 6) is -0.408. The van der Waals surface area contributed by atoms with Crippen LogP contribution in [-0.4, -0.2) is 18.1 Å². The van der Waals surface area contributed by atoms with Crippen molar-refractivity contribution in [2.75, 3.05) is 7.11 Å². The van der Waals surface area contributed by atoms with E-state index in [0.717, 1.165) is 0 Å². The summed E-state index contributed by atoms with van der Waals surface area (Å²) in [6.45, 7) is 0. The summed E-state index contributed by atoms with van der Waals surface area (Å²) in [5, 5.41) is 0.359. The molecule has 0 N–H and O–H groups in total. The van der Waals surface area contributed by atoms with E-state index in [1.54, 1.807) is 6.07 Å². The van der Waals surface area contributed by atoms with Gasteiger partial charge in [0.1, 0.15) is 5.15 Å². The minimum absolute atomic E-state index is 0. The van der Waals surface area contributed by atoms with Crippen molar-refractivity contribution in [2.45, 2.75) is 0 Å². The van der Waals surface area contributed by atoms with Crippen LogP contribution >= 0.6 is 11.6 Å². The largest absolute Gasteiger partial charge is 0.465 e. The van der Waals surface area contributed by atoms with Gasteiger partial charge in [-0.2, -0.15) is 0 Å². The van der Waals surface area contributed by atoms with Crippen LogP contribution in [0.5, 0.6) is 0 Å². The molecule has 1 aromatic heterocycles. The van der Waals surface area contributed by atoms with E-state index < -0.39 is 5.97 Å². The molecular formula is C7H6ArClNO2. The molecule has 0 spiro atoms. The number of carbonyl (C=O) groups is 1. The van der Waals surface area contributed by atoms with Gasteiger partial charge in [0.15, 0.2) is 0 Å². The topological polar surface area (TPSA) is 39.2 Å². The Balaban J connectivity index is 0.00000121. The number of rotatable bonds is 1. The van der Waals surface area contributed by atoms with Crippen molar-refractivity contribution in [2.24, 2.45) is 0 Å². The maximum Gasteiger partial charge on any atom is 0.339 e. The van der Waals surface area contributed by atoms with Crippen LogP contribution in [-0.2, 0) is 4.74 Å². The van der Waals surface area contributed by atoms with Crippen molar-refractivity contribution in [1.82, 2.24) is 4.98 Å². The van der Waals surface area contributed by atoms with E-state index in [2.05, 4.69) is 9.72 Å². The second-order valence-electron chi connectivity index (χ2n) is 1.86. The van der Waals surface area contributed by atoms with Crippen molar-refractivity contribution in [3.63, 3.8) is 0 Å². The van der Waals surface area contributed by atoms with Crippen molar-refractivity contribution in [3.8, 4) is 0 Å². The Labute approximate surface area is 105 Å². The Hall–Kier alpha value is 0.170. The Morgan fingerprint density at radius 3 is 2.67 bits per heavy atom. The maximum atomic E-state index is 10.8. The Morgan fingerprint density at radius 1 is 1.58 bits per heavy atom. The molecule has 0 saturated carbocycles. The molecule has 66 valence electrons. The molecule has 3 nitrogen and oxygen atoms in total. The van der Waals surface area contributed by atoms with Gasteiger partial charge >= 0.3 is 5.97 Å². The zero-order chi connectivity index (χ0) is 8.27. The van der Waals surface area contributed by atoms with Crippen LogP contribution in [0.2, 0.25) is 5.15 Å². The van der Waals surface area contributed by atoms with E-state index in [4.69, 9.17) is 11.6 Å². The number of ether oxygens (including phenoxy) is 1. The van der Waals surface area contributed by atoms with Crippen LogP contribution in [0.1, 0.15) is 10.4 Å². The van der Waals surface area contributed by atoms with E-state index >= 15 is 0 Å². The molecule has 12 heavy (non-hydrogen) atoms. The van der Waals surface area contributed by atoms with E-state index in [1.165, 1.54) is 19.4 Å². The predicted octanol–water partition coefficient (Wildman–Crippen LogP) is 1.52. The normalized spacial score (nSPS) is 8.50. The van der Waals surface area contributed by atoms with Gasteiger partial charge in [0, 0.05) is 43.9 Å². The van der Waals surface area contributed by atoms with Crippen LogP contribution in [0.4, 0.5) is 0 Å². The zero-order valence-electron chi connectivity index (χ0n) is 6.23. The number of nitrogens with zero attached hydrogens (tertiary/aromatic N) is 1. The van der Waals surface area contributed by atoms with Gasteiger partial charge in [0.05, 0.1) is 12.7 Å². The second-order valence-corrected chi connectivity index (χ2v) is 2.25. The number of hydrogen-bond acceptors (Lipinski definition) is 3. The van der Waals surface area contributed by atoms with Gasteiger partial charge in [0.25, 0.3) is 0 Å². The molecule has 0 atom stereocenters. The quantitative estimate of drug-likeness (QED) is 0.522. The predicted molar refractivity (Wildman–Crippen MR) is 40.6 cm³/mol. The molecule has 1 rings (SSSR count). The summed E-state index contributed by atoms with van der Waals surface area (Å²) in [7, 11) is 1.32. The molecule has 5 heteroatoms. The molecule has 0 aliphatic rings. The molecule has 0 aliphatic carbocycles. The SMILES string of the molecule is COC(=O)c1ccc(Cl)nc1.[Ar]. The van der Waals surface area contributed by atoms with Gasteiger partial charge in [-0.3, -0.25) is 0 Å². The Bertz CT molecular complexity index is 263. The van der Waals surface area contributed by atoms with Crippen LogP contribution in [0.3, 0.4) is 0 Å². The first-order valence-corrected chi connectivity index (χ1v) is 3.31. The van der Waals surface area contributed by atoms with E-state index in [1.807, 2.05) is 0 Å². The van der Waals surface area contributed by atoms with Crippen LogP contribution in [0.15, 0.2) is 18.3 Å². The summed E-state index contributed by atoms with van der Waals surface area (Å²) in [6, 6.07) is 3.09. The molecule has 0 unspecified atom stereocenters. The van der Waals surface area contributed by atoms with Gasteiger partial charge in [-0.15, -0.1) is 0 Å². The van der Waals surface area contributed by atoms with E-state index in [9.17, 15) is 4.79 Å². The summed E-state index contributed by atoms with van der Waals surface area (Å²) < 4.78 is 4.45. The smallest absolute Gasteiger partial charge is 0.339 e. The van der Waals surface area contributed by atoms with E-state index in [0.29, 0.717) is 10.7 Å². The minimum atomic E-state index is -0.408. The van der Waals surface area contributed by atoms with Gasteiger partial charge in [-0.1, -0.05) is 11.6 Å². The fraction of sp³-hybridized carbons (Fsp3) is 0.143. The summed E-state index contributed by atoms with van der Waals surface area (Å²) >= 11 is 5.50. The molecule has 0 radical (unpaired) electrons. The molecular weight excluding hydrogens is 205 g/mol. The number of pyridine rings is 1. The average molecular weight is 212 g/mol. The molecule has 1 aromatic rings. The summed E-state index contributed by atoms with van der Waals surface area (Å²) in [6.07, 6.45) is 1.37. The number of aromatic nitrogens is 1. The minimum Gasteiger partial charge on any atom is -0.465 e. The number of carbonyl (C=O) groups excluding carboxylic acids is 1. The molecule has 0 amide bonds. The third-order valence-corrected chi connectivity index (χ3v) is 1.37. The first-order chi connectivity index (χ1) is 5.24. The number of hydrogen-bond donors (Lipinski definition) is 0. The van der Waals surface area contributed by atoms with Gasteiger partial charge in [0.2, 0.25) is 0 Å². The van der Waals surface area contributed by atoms with Crippen LogP contribution in [0.25, 0.3) is 0 Å². The summed E-state index contributed by atoms with van der Waals surface area (Å²) in [5.41, 5.74) is 0.400. The zero-order valence-corrected chi connectivity index (χ0v) is 7.69. The fourth-order valence-corrected chi connectivity index (χ4v) is 0.726. The third kappa shape index (κ3) is 3.27. The third-order valence-electron chi connectivity index (χ3n) is 1.15.